The van der Waals surface area contributed by atoms with Crippen molar-refractivity contribution in [1.29, 1.82) is 5.26 Å². The van der Waals surface area contributed by atoms with Gasteiger partial charge in [0.05, 0.1) is 17.4 Å². The number of alkyl halides is 4. The normalized spacial score (nSPS) is 20.1. The number of aromatic nitrogens is 1. The number of hydrogen-bond donors (Lipinski definition) is 0. The first-order chi connectivity index (χ1) is 18.2. The number of carbonyl (C=O) groups is 1. The summed E-state index contributed by atoms with van der Waals surface area (Å²) in [6.45, 7) is 1.62. The van der Waals surface area contributed by atoms with Gasteiger partial charge in [0.25, 0.3) is 5.91 Å². The topological polar surface area (TPSA) is 72.7 Å². The minimum absolute atomic E-state index is 0.0197. The summed E-state index contributed by atoms with van der Waals surface area (Å²) in [5.74, 6) is 0.244. The van der Waals surface area contributed by atoms with E-state index in [9.17, 15) is 22.4 Å². The molecule has 0 bridgehead atoms. The fraction of sp³-hybridized carbons (Fsp3) is 0.462. The van der Waals surface area contributed by atoms with Gasteiger partial charge in [-0.3, -0.25) is 9.69 Å². The van der Waals surface area contributed by atoms with Crippen LogP contribution in [0.15, 0.2) is 36.5 Å². The number of nitrogens with zero attached hydrogens (tertiary/aromatic N) is 5. The number of carbonyl (C=O) groups excluding carboxylic acids is 1. The van der Waals surface area contributed by atoms with Gasteiger partial charge in [-0.15, -0.1) is 0 Å². The van der Waals surface area contributed by atoms with E-state index in [1.54, 1.807) is 29.2 Å². The largest absolute Gasteiger partial charge is 0.490 e. The van der Waals surface area contributed by atoms with Gasteiger partial charge in [-0.2, -0.15) is 18.4 Å². The number of pyridine rings is 1. The van der Waals surface area contributed by atoms with E-state index in [1.807, 2.05) is 0 Å². The smallest absolute Gasteiger partial charge is 0.419 e. The highest BCUT2D eigenvalue weighted by atomic mass is 32.1. The average molecular weight is 548 g/mol. The fourth-order valence-corrected chi connectivity index (χ4v) is 5.79. The maximum Gasteiger partial charge on any atom is 0.419 e. The van der Waals surface area contributed by atoms with Gasteiger partial charge in [-0.1, -0.05) is 0 Å². The van der Waals surface area contributed by atoms with Gasteiger partial charge in [0.1, 0.15) is 30.1 Å². The van der Waals surface area contributed by atoms with Crippen LogP contribution >= 0.6 is 12.2 Å². The fourth-order valence-electron chi connectivity index (χ4n) is 5.33. The zero-order chi connectivity index (χ0) is 27.1. The van der Waals surface area contributed by atoms with Crippen molar-refractivity contribution in [3.63, 3.8) is 0 Å². The standard InChI is InChI=1S/C26H25F4N5O2S/c27-10-13-33-11-6-20(7-12-33)37-19-4-2-17(3-5-19)35-24(38)34(23(36)25(35)8-1-9-25)18-14-21(26(28,29)30)22(15-31)32-16-18/h2-5,14,16,20H,1,6-13H2. The van der Waals surface area contributed by atoms with E-state index in [1.165, 1.54) is 6.07 Å². The first-order valence-electron chi connectivity index (χ1n) is 12.4. The summed E-state index contributed by atoms with van der Waals surface area (Å²) in [5, 5.41) is 9.13. The number of ether oxygens (including phenoxy) is 1. The van der Waals surface area contributed by atoms with Crippen molar-refractivity contribution >= 4 is 34.6 Å². The quantitative estimate of drug-likeness (QED) is 0.378. The predicted molar refractivity (Wildman–Crippen MR) is 136 cm³/mol. The Morgan fingerprint density at radius 2 is 1.84 bits per heavy atom. The van der Waals surface area contributed by atoms with Crippen molar-refractivity contribution in [3.8, 4) is 11.8 Å². The predicted octanol–water partition coefficient (Wildman–Crippen LogP) is 4.85. The highest BCUT2D eigenvalue weighted by molar-refractivity contribution is 7.81. The Balaban J connectivity index is 1.38. The number of piperidine rings is 1. The lowest BCUT2D eigenvalue weighted by Crippen LogP contribution is -2.55. The third kappa shape index (κ3) is 4.58. The van der Waals surface area contributed by atoms with Crippen molar-refractivity contribution < 1.29 is 27.1 Å². The Hall–Kier alpha value is -3.30. The van der Waals surface area contributed by atoms with E-state index in [0.717, 1.165) is 49.5 Å². The summed E-state index contributed by atoms with van der Waals surface area (Å²) >= 11 is 5.64. The third-order valence-electron chi connectivity index (χ3n) is 7.47. The summed E-state index contributed by atoms with van der Waals surface area (Å²) < 4.78 is 59.4. The molecule has 1 aliphatic carbocycles. The van der Waals surface area contributed by atoms with Gasteiger partial charge >= 0.3 is 6.18 Å². The molecule has 0 atom stereocenters. The van der Waals surface area contributed by atoms with Crippen LogP contribution in [0.3, 0.4) is 0 Å². The van der Waals surface area contributed by atoms with E-state index in [4.69, 9.17) is 22.2 Å². The minimum Gasteiger partial charge on any atom is -0.490 e. The highest BCUT2D eigenvalue weighted by Crippen LogP contribution is 2.48. The van der Waals surface area contributed by atoms with Crippen molar-refractivity contribution in [2.45, 2.75) is 49.9 Å². The Labute approximate surface area is 222 Å². The molecule has 0 N–H and O–H groups in total. The molecule has 1 aromatic carbocycles. The number of rotatable bonds is 6. The van der Waals surface area contributed by atoms with Crippen LogP contribution in [-0.4, -0.2) is 58.9 Å². The van der Waals surface area contributed by atoms with Crippen LogP contribution in [0.25, 0.3) is 0 Å². The second-order valence-electron chi connectivity index (χ2n) is 9.68. The van der Waals surface area contributed by atoms with Crippen molar-refractivity contribution in [2.24, 2.45) is 0 Å². The van der Waals surface area contributed by atoms with E-state index in [-0.39, 0.29) is 23.6 Å². The molecule has 2 aliphatic heterocycles. The molecule has 1 aromatic heterocycles. The van der Waals surface area contributed by atoms with E-state index in [0.29, 0.717) is 30.8 Å². The second-order valence-corrected chi connectivity index (χ2v) is 10.0. The van der Waals surface area contributed by atoms with Crippen molar-refractivity contribution in [2.75, 3.05) is 36.1 Å². The molecule has 2 aromatic rings. The Morgan fingerprint density at radius 3 is 2.39 bits per heavy atom. The Bertz CT molecular complexity index is 1270. The van der Waals surface area contributed by atoms with E-state index in [2.05, 4.69) is 9.88 Å². The molecule has 0 radical (unpaired) electrons. The van der Waals surface area contributed by atoms with E-state index < -0.39 is 28.9 Å². The third-order valence-corrected chi connectivity index (χ3v) is 7.83. The van der Waals surface area contributed by atoms with Crippen molar-refractivity contribution in [1.82, 2.24) is 9.88 Å². The zero-order valence-electron chi connectivity index (χ0n) is 20.4. The van der Waals surface area contributed by atoms with Crippen LogP contribution in [0.2, 0.25) is 0 Å². The summed E-state index contributed by atoms with van der Waals surface area (Å²) in [6.07, 6.45) is -0.337. The van der Waals surface area contributed by atoms with Crippen LogP contribution in [-0.2, 0) is 11.0 Å². The molecule has 38 heavy (non-hydrogen) atoms. The van der Waals surface area contributed by atoms with Gasteiger partial charge in [-0.05, 0) is 74.7 Å². The van der Waals surface area contributed by atoms with Gasteiger partial charge in [-0.25, -0.2) is 9.37 Å². The minimum atomic E-state index is -4.81. The molecule has 3 aliphatic rings. The molecule has 1 spiro atoms. The zero-order valence-corrected chi connectivity index (χ0v) is 21.2. The monoisotopic (exact) mass is 547 g/mol. The number of hydrogen-bond acceptors (Lipinski definition) is 6. The van der Waals surface area contributed by atoms with Crippen LogP contribution in [0, 0.1) is 11.3 Å². The number of nitriles is 1. The molecule has 3 heterocycles. The second kappa shape index (κ2) is 10.1. The number of halogens is 4. The van der Waals surface area contributed by atoms with Crippen LogP contribution < -0.4 is 14.5 Å². The van der Waals surface area contributed by atoms with Gasteiger partial charge in [0, 0.05) is 25.3 Å². The molecule has 2 saturated heterocycles. The maximum absolute atomic E-state index is 13.6. The molecule has 5 rings (SSSR count). The first-order valence-corrected chi connectivity index (χ1v) is 12.8. The molecule has 12 heteroatoms. The summed E-state index contributed by atoms with van der Waals surface area (Å²) in [7, 11) is 0. The highest BCUT2D eigenvalue weighted by Gasteiger charge is 2.59. The number of likely N-dealkylation sites (tertiary alicyclic amines) is 1. The van der Waals surface area contributed by atoms with Gasteiger partial charge < -0.3 is 14.5 Å². The Morgan fingerprint density at radius 1 is 1.16 bits per heavy atom. The lowest BCUT2D eigenvalue weighted by Gasteiger charge is -2.43. The number of thiocarbonyl (C=S) groups is 1. The van der Waals surface area contributed by atoms with Crippen LogP contribution in [0.5, 0.6) is 5.75 Å². The van der Waals surface area contributed by atoms with Crippen molar-refractivity contribution in [3.05, 3.63) is 47.8 Å². The Kier molecular flexibility index (Phi) is 7.00. The molecule has 1 amide bonds. The number of anilines is 2. The summed E-state index contributed by atoms with van der Waals surface area (Å²) in [4.78, 5) is 22.1. The van der Waals surface area contributed by atoms with Crippen LogP contribution in [0.4, 0.5) is 28.9 Å². The van der Waals surface area contributed by atoms with Gasteiger partial charge in [0.2, 0.25) is 0 Å². The molecular weight excluding hydrogens is 522 g/mol. The van der Waals surface area contributed by atoms with E-state index >= 15 is 0 Å². The lowest BCUT2D eigenvalue weighted by molar-refractivity contribution is -0.138. The summed E-state index contributed by atoms with van der Waals surface area (Å²) in [6, 6.07) is 9.35. The molecule has 3 fully saturated rings. The molecule has 7 nitrogen and oxygen atoms in total. The average Bonchev–Trinajstić information content (AvgIpc) is 3.11. The molecule has 1 saturated carbocycles. The van der Waals surface area contributed by atoms with Gasteiger partial charge in [0.15, 0.2) is 10.8 Å². The molecule has 200 valence electrons. The summed E-state index contributed by atoms with van der Waals surface area (Å²) in [5.41, 5.74) is -2.45. The molecular formula is C26H25F4N5O2S. The van der Waals surface area contributed by atoms with Crippen LogP contribution in [0.1, 0.15) is 43.4 Å². The number of amides is 1. The SMILES string of the molecule is N#Cc1ncc(N2C(=O)C3(CCC3)N(c3ccc(OC4CCN(CCF)CC4)cc3)C2=S)cc1C(F)(F)F. The first kappa shape index (κ1) is 26.3. The number of benzene rings is 1. The molecule has 0 unspecified atom stereocenters. The maximum atomic E-state index is 13.6. The lowest BCUT2D eigenvalue weighted by atomic mass is 9.75.